The second-order valence-corrected chi connectivity index (χ2v) is 5.34. The summed E-state index contributed by atoms with van der Waals surface area (Å²) in [4.78, 5) is 25.4. The van der Waals surface area contributed by atoms with Crippen molar-refractivity contribution in [3.8, 4) is 5.75 Å². The monoisotopic (exact) mass is 319 g/mol. The van der Waals surface area contributed by atoms with E-state index in [2.05, 4.69) is 0 Å². The van der Waals surface area contributed by atoms with Crippen molar-refractivity contribution < 1.29 is 28.6 Å². The smallest absolute Gasteiger partial charge is 0.334 e. The number of aryl methyl sites for hydroxylation is 1. The lowest BCUT2D eigenvalue weighted by atomic mass is 10.1. The number of morpholine rings is 1. The highest BCUT2D eigenvalue weighted by Crippen LogP contribution is 2.30. The van der Waals surface area contributed by atoms with Crippen LogP contribution in [0.5, 0.6) is 5.75 Å². The SMILES string of the molecule is COc1ccc2oc(C)c(C(=O)N3CCOC(C(=O)O)C3)c2c1. The number of hydrogen-bond donors (Lipinski definition) is 1. The van der Waals surface area contributed by atoms with Gasteiger partial charge in [-0.15, -0.1) is 0 Å². The van der Waals surface area contributed by atoms with Crippen LogP contribution < -0.4 is 4.74 Å². The number of nitrogens with zero attached hydrogens (tertiary/aromatic N) is 1. The maximum atomic E-state index is 12.8. The number of carboxylic acid groups (broad SMARTS) is 1. The summed E-state index contributed by atoms with van der Waals surface area (Å²) in [6.07, 6.45) is -0.999. The Morgan fingerprint density at radius 1 is 1.39 bits per heavy atom. The first-order valence-electron chi connectivity index (χ1n) is 7.22. The summed E-state index contributed by atoms with van der Waals surface area (Å²) < 4.78 is 16.0. The van der Waals surface area contributed by atoms with Crippen LogP contribution in [-0.4, -0.2) is 54.8 Å². The van der Waals surface area contributed by atoms with E-state index in [4.69, 9.17) is 19.0 Å². The minimum Gasteiger partial charge on any atom is -0.497 e. The molecule has 3 rings (SSSR count). The zero-order chi connectivity index (χ0) is 16.6. The Morgan fingerprint density at radius 2 is 2.17 bits per heavy atom. The normalized spacial score (nSPS) is 18.2. The van der Waals surface area contributed by atoms with E-state index < -0.39 is 12.1 Å². The van der Waals surface area contributed by atoms with Crippen molar-refractivity contribution in [3.63, 3.8) is 0 Å². The van der Waals surface area contributed by atoms with Gasteiger partial charge in [0.2, 0.25) is 0 Å². The largest absolute Gasteiger partial charge is 0.497 e. The van der Waals surface area contributed by atoms with Crippen molar-refractivity contribution in [1.29, 1.82) is 0 Å². The highest BCUT2D eigenvalue weighted by molar-refractivity contribution is 6.07. The highest BCUT2D eigenvalue weighted by Gasteiger charge is 2.31. The Morgan fingerprint density at radius 3 is 2.87 bits per heavy atom. The fourth-order valence-electron chi connectivity index (χ4n) is 2.73. The van der Waals surface area contributed by atoms with E-state index >= 15 is 0 Å². The lowest BCUT2D eigenvalue weighted by molar-refractivity contribution is -0.154. The predicted octanol–water partition coefficient (Wildman–Crippen LogP) is 1.68. The average Bonchev–Trinajstić information content (AvgIpc) is 2.89. The third kappa shape index (κ3) is 2.75. The minimum absolute atomic E-state index is 0.0181. The summed E-state index contributed by atoms with van der Waals surface area (Å²) in [7, 11) is 1.55. The minimum atomic E-state index is -1.07. The van der Waals surface area contributed by atoms with Crippen LogP contribution in [0, 0.1) is 6.92 Å². The van der Waals surface area contributed by atoms with Crippen LogP contribution in [-0.2, 0) is 9.53 Å². The molecule has 1 saturated heterocycles. The molecule has 7 nitrogen and oxygen atoms in total. The van der Waals surface area contributed by atoms with Gasteiger partial charge in [0, 0.05) is 11.9 Å². The number of hydrogen-bond acceptors (Lipinski definition) is 5. The molecule has 1 fully saturated rings. The fraction of sp³-hybridized carbons (Fsp3) is 0.375. The van der Waals surface area contributed by atoms with Gasteiger partial charge in [-0.3, -0.25) is 4.79 Å². The first kappa shape index (κ1) is 15.4. The number of amides is 1. The predicted molar refractivity (Wildman–Crippen MR) is 80.8 cm³/mol. The molecule has 2 heterocycles. The number of benzene rings is 1. The first-order chi connectivity index (χ1) is 11.0. The summed E-state index contributed by atoms with van der Waals surface area (Å²) in [5.41, 5.74) is 1.03. The summed E-state index contributed by atoms with van der Waals surface area (Å²) in [5.74, 6) is -0.212. The molecule has 1 aromatic heterocycles. The molecular weight excluding hydrogens is 302 g/mol. The summed E-state index contributed by atoms with van der Waals surface area (Å²) in [5, 5.41) is 9.72. The Balaban J connectivity index is 1.97. The number of methoxy groups -OCH3 is 1. The number of rotatable bonds is 3. The van der Waals surface area contributed by atoms with E-state index in [0.717, 1.165) is 0 Å². The lowest BCUT2D eigenvalue weighted by Crippen LogP contribution is -2.48. The number of carbonyl (C=O) groups is 2. The molecule has 1 aromatic carbocycles. The van der Waals surface area contributed by atoms with E-state index in [-0.39, 0.29) is 19.1 Å². The second-order valence-electron chi connectivity index (χ2n) is 5.34. The van der Waals surface area contributed by atoms with Crippen LogP contribution in [0.25, 0.3) is 11.0 Å². The van der Waals surface area contributed by atoms with Gasteiger partial charge in [0.05, 0.1) is 25.8 Å². The molecule has 7 heteroatoms. The van der Waals surface area contributed by atoms with Gasteiger partial charge in [-0.1, -0.05) is 0 Å². The molecule has 1 aliphatic rings. The average molecular weight is 319 g/mol. The van der Waals surface area contributed by atoms with E-state index in [1.54, 1.807) is 32.2 Å². The number of aliphatic carboxylic acids is 1. The molecule has 0 spiro atoms. The van der Waals surface area contributed by atoms with Crippen molar-refractivity contribution in [2.24, 2.45) is 0 Å². The Hall–Kier alpha value is -2.54. The maximum absolute atomic E-state index is 12.8. The van der Waals surface area contributed by atoms with E-state index in [1.165, 1.54) is 4.90 Å². The zero-order valence-electron chi connectivity index (χ0n) is 12.9. The molecule has 23 heavy (non-hydrogen) atoms. The van der Waals surface area contributed by atoms with Crippen LogP contribution >= 0.6 is 0 Å². The fourth-order valence-corrected chi connectivity index (χ4v) is 2.73. The second kappa shape index (κ2) is 5.92. The lowest BCUT2D eigenvalue weighted by Gasteiger charge is -2.30. The molecular formula is C16H17NO6. The van der Waals surface area contributed by atoms with Crippen LogP contribution in [0.1, 0.15) is 16.1 Å². The van der Waals surface area contributed by atoms with Gasteiger partial charge in [-0.2, -0.15) is 0 Å². The molecule has 122 valence electrons. The number of fused-ring (bicyclic) bond motifs is 1. The molecule has 1 unspecified atom stereocenters. The quantitative estimate of drug-likeness (QED) is 0.926. The van der Waals surface area contributed by atoms with E-state index in [1.807, 2.05) is 0 Å². The van der Waals surface area contributed by atoms with Crippen LogP contribution in [0.3, 0.4) is 0 Å². The standard InChI is InChI=1S/C16H17NO6/c1-9-14(11-7-10(21-2)3-4-12(11)23-9)15(18)17-5-6-22-13(8-17)16(19)20/h3-4,7,13H,5-6,8H2,1-2H3,(H,19,20). The third-order valence-electron chi connectivity index (χ3n) is 3.91. The topological polar surface area (TPSA) is 89.2 Å². The Bertz CT molecular complexity index is 765. The molecule has 0 bridgehead atoms. The van der Waals surface area contributed by atoms with Crippen LogP contribution in [0.15, 0.2) is 22.6 Å². The van der Waals surface area contributed by atoms with Crippen molar-refractivity contribution in [3.05, 3.63) is 29.5 Å². The number of ether oxygens (including phenoxy) is 2. The van der Waals surface area contributed by atoms with Crippen molar-refractivity contribution in [1.82, 2.24) is 4.90 Å². The number of carboxylic acids is 1. The van der Waals surface area contributed by atoms with E-state index in [0.29, 0.717) is 34.6 Å². The molecule has 0 aliphatic carbocycles. The Labute approximate surface area is 132 Å². The van der Waals surface area contributed by atoms with Crippen LogP contribution in [0.2, 0.25) is 0 Å². The number of carbonyl (C=O) groups excluding carboxylic acids is 1. The van der Waals surface area contributed by atoms with Gasteiger partial charge >= 0.3 is 5.97 Å². The van der Waals surface area contributed by atoms with Gasteiger partial charge in [0.1, 0.15) is 17.1 Å². The van der Waals surface area contributed by atoms with Crippen molar-refractivity contribution >= 4 is 22.8 Å². The molecule has 2 aromatic rings. The Kier molecular flexibility index (Phi) is 3.96. The van der Waals surface area contributed by atoms with Crippen molar-refractivity contribution in [2.45, 2.75) is 13.0 Å². The van der Waals surface area contributed by atoms with Gasteiger partial charge in [-0.25, -0.2) is 4.79 Å². The molecule has 1 atom stereocenters. The van der Waals surface area contributed by atoms with Crippen LogP contribution in [0.4, 0.5) is 0 Å². The zero-order valence-corrected chi connectivity index (χ0v) is 12.9. The number of furan rings is 1. The van der Waals surface area contributed by atoms with Gasteiger partial charge in [0.15, 0.2) is 6.10 Å². The summed E-state index contributed by atoms with van der Waals surface area (Å²) in [6, 6.07) is 5.25. The van der Waals surface area contributed by atoms with Gasteiger partial charge in [-0.05, 0) is 25.1 Å². The van der Waals surface area contributed by atoms with Crippen molar-refractivity contribution in [2.75, 3.05) is 26.8 Å². The van der Waals surface area contributed by atoms with Gasteiger partial charge in [0.25, 0.3) is 5.91 Å². The molecule has 0 radical (unpaired) electrons. The third-order valence-corrected chi connectivity index (χ3v) is 3.91. The highest BCUT2D eigenvalue weighted by atomic mass is 16.5. The molecule has 0 saturated carbocycles. The first-order valence-corrected chi connectivity index (χ1v) is 7.22. The molecule has 1 aliphatic heterocycles. The van der Waals surface area contributed by atoms with Gasteiger partial charge < -0.3 is 23.9 Å². The van der Waals surface area contributed by atoms with E-state index in [9.17, 15) is 9.59 Å². The summed E-state index contributed by atoms with van der Waals surface area (Å²) in [6.45, 7) is 2.28. The maximum Gasteiger partial charge on any atom is 0.334 e. The molecule has 1 N–H and O–H groups in total. The summed E-state index contributed by atoms with van der Waals surface area (Å²) >= 11 is 0. The molecule has 1 amide bonds.